The normalized spacial score (nSPS) is 9.86. The van der Waals surface area contributed by atoms with Gasteiger partial charge >= 0.3 is 0 Å². The Bertz CT molecular complexity index is 412. The largest absolute Gasteiger partial charge is 0.383 e. The smallest absolute Gasteiger partial charge is 0.281 e. The number of nitrogen functional groups attached to an aromatic ring is 1. The molecule has 1 aromatic rings. The van der Waals surface area contributed by atoms with Crippen molar-refractivity contribution in [2.75, 3.05) is 5.73 Å². The minimum atomic E-state index is -2.88. The van der Waals surface area contributed by atoms with Crippen LogP contribution in [0.1, 0.15) is 28.0 Å². The van der Waals surface area contributed by atoms with Crippen molar-refractivity contribution in [1.82, 2.24) is 4.98 Å². The average Bonchev–Trinajstić information content (AvgIpc) is 2.17. The maximum atomic E-state index is 12.3. The molecule has 4 nitrogen and oxygen atoms in total. The zero-order valence-corrected chi connectivity index (χ0v) is 6.87. The van der Waals surface area contributed by atoms with Crippen molar-refractivity contribution in [3.8, 4) is 6.07 Å². The molecule has 0 aliphatic carbocycles. The third-order valence-electron chi connectivity index (χ3n) is 1.57. The lowest BCUT2D eigenvalue weighted by Gasteiger charge is -2.04. The standard InChI is InChI=1S/C8H5F2N3O/c9-7(10)6-5(3-14)1-4(2-11)8(12)13-6/h1,3,7H,(H2,12,13). The molecule has 0 unspecified atom stereocenters. The van der Waals surface area contributed by atoms with E-state index in [1.54, 1.807) is 6.07 Å². The van der Waals surface area contributed by atoms with Gasteiger partial charge in [-0.3, -0.25) is 4.79 Å². The molecule has 0 fully saturated rings. The maximum absolute atomic E-state index is 12.3. The van der Waals surface area contributed by atoms with Crippen LogP contribution in [0, 0.1) is 11.3 Å². The van der Waals surface area contributed by atoms with E-state index in [-0.39, 0.29) is 23.2 Å². The van der Waals surface area contributed by atoms with Crippen molar-refractivity contribution in [2.45, 2.75) is 6.43 Å². The molecule has 0 aliphatic rings. The summed E-state index contributed by atoms with van der Waals surface area (Å²) in [5.41, 5.74) is 4.11. The molecule has 72 valence electrons. The summed E-state index contributed by atoms with van der Waals surface area (Å²) in [4.78, 5) is 13.7. The molecule has 0 radical (unpaired) electrons. The summed E-state index contributed by atoms with van der Waals surface area (Å²) in [6.07, 6.45) is -2.67. The Kier molecular flexibility index (Phi) is 2.72. The number of nitrogens with zero attached hydrogens (tertiary/aromatic N) is 2. The predicted octanol–water partition coefficient (Wildman–Crippen LogP) is 1.29. The lowest BCUT2D eigenvalue weighted by Crippen LogP contribution is -2.04. The molecule has 2 N–H and O–H groups in total. The number of alkyl halides is 2. The minimum absolute atomic E-state index is 0.0866. The van der Waals surface area contributed by atoms with Crippen LogP contribution < -0.4 is 5.73 Å². The molecule has 0 bridgehead atoms. The van der Waals surface area contributed by atoms with Gasteiger partial charge in [-0.1, -0.05) is 0 Å². The highest BCUT2D eigenvalue weighted by atomic mass is 19.3. The van der Waals surface area contributed by atoms with Crippen LogP contribution in [-0.4, -0.2) is 11.3 Å². The van der Waals surface area contributed by atoms with Crippen molar-refractivity contribution in [3.05, 3.63) is 22.9 Å². The molecule has 0 aromatic carbocycles. The number of carbonyl (C=O) groups is 1. The fourth-order valence-corrected chi connectivity index (χ4v) is 0.917. The topological polar surface area (TPSA) is 79.8 Å². The SMILES string of the molecule is N#Cc1cc(C=O)c(C(F)F)nc1N. The van der Waals surface area contributed by atoms with Gasteiger partial charge in [-0.15, -0.1) is 0 Å². The second kappa shape index (κ2) is 3.79. The van der Waals surface area contributed by atoms with Gasteiger partial charge in [0.1, 0.15) is 17.6 Å². The highest BCUT2D eigenvalue weighted by Crippen LogP contribution is 2.22. The van der Waals surface area contributed by atoms with E-state index in [2.05, 4.69) is 4.98 Å². The van der Waals surface area contributed by atoms with Gasteiger partial charge in [0.05, 0.1) is 5.56 Å². The van der Waals surface area contributed by atoms with Gasteiger partial charge in [-0.2, -0.15) is 5.26 Å². The van der Waals surface area contributed by atoms with Crippen LogP contribution in [0.15, 0.2) is 6.07 Å². The van der Waals surface area contributed by atoms with Gasteiger partial charge in [-0.05, 0) is 6.07 Å². The van der Waals surface area contributed by atoms with Crippen LogP contribution in [-0.2, 0) is 0 Å². The van der Waals surface area contributed by atoms with Crippen molar-refractivity contribution in [3.63, 3.8) is 0 Å². The number of aldehydes is 1. The summed E-state index contributed by atoms with van der Waals surface area (Å²) in [6, 6.07) is 2.64. The summed E-state index contributed by atoms with van der Waals surface area (Å²) in [5, 5.41) is 8.49. The molecule has 1 aromatic heterocycles. The number of rotatable bonds is 2. The summed E-state index contributed by atoms with van der Waals surface area (Å²) in [6.45, 7) is 0. The molecule has 6 heteroatoms. The first kappa shape index (κ1) is 10.1. The zero-order valence-electron chi connectivity index (χ0n) is 6.87. The molecule has 1 heterocycles. The van der Waals surface area contributed by atoms with E-state index in [9.17, 15) is 13.6 Å². The number of carbonyl (C=O) groups excluding carboxylic acids is 1. The third kappa shape index (κ3) is 1.66. The average molecular weight is 197 g/mol. The number of nitrogens with two attached hydrogens (primary N) is 1. The Labute approximate surface area is 78.0 Å². The number of hydrogen-bond acceptors (Lipinski definition) is 4. The van der Waals surface area contributed by atoms with E-state index < -0.39 is 12.1 Å². The summed E-state index contributed by atoms with van der Waals surface area (Å²) < 4.78 is 24.5. The van der Waals surface area contributed by atoms with Crippen molar-refractivity contribution >= 4 is 12.1 Å². The number of halogens is 2. The molecule has 0 aliphatic heterocycles. The maximum Gasteiger partial charge on any atom is 0.281 e. The first-order valence-electron chi connectivity index (χ1n) is 3.54. The summed E-state index contributed by atoms with van der Waals surface area (Å²) in [5.74, 6) is -0.298. The predicted molar refractivity (Wildman–Crippen MR) is 43.7 cm³/mol. The van der Waals surface area contributed by atoms with Crippen LogP contribution >= 0.6 is 0 Å². The second-order valence-electron chi connectivity index (χ2n) is 2.43. The lowest BCUT2D eigenvalue weighted by atomic mass is 10.1. The van der Waals surface area contributed by atoms with Gasteiger partial charge < -0.3 is 5.73 Å². The van der Waals surface area contributed by atoms with Crippen LogP contribution in [0.2, 0.25) is 0 Å². The van der Waals surface area contributed by atoms with Crippen LogP contribution in [0.25, 0.3) is 0 Å². The van der Waals surface area contributed by atoms with Crippen LogP contribution in [0.4, 0.5) is 14.6 Å². The van der Waals surface area contributed by atoms with Gasteiger partial charge in [0, 0.05) is 5.56 Å². The number of pyridine rings is 1. The van der Waals surface area contributed by atoms with E-state index >= 15 is 0 Å². The molecule has 0 amide bonds. The van der Waals surface area contributed by atoms with E-state index in [4.69, 9.17) is 11.0 Å². The highest BCUT2D eigenvalue weighted by Gasteiger charge is 2.17. The fraction of sp³-hybridized carbons (Fsp3) is 0.125. The second-order valence-corrected chi connectivity index (χ2v) is 2.43. The van der Waals surface area contributed by atoms with Gasteiger partial charge in [0.2, 0.25) is 0 Å². The Hall–Kier alpha value is -2.03. The van der Waals surface area contributed by atoms with Crippen molar-refractivity contribution in [1.29, 1.82) is 5.26 Å². The molecular weight excluding hydrogens is 192 g/mol. The van der Waals surface area contributed by atoms with Gasteiger partial charge in [-0.25, -0.2) is 13.8 Å². The highest BCUT2D eigenvalue weighted by molar-refractivity contribution is 5.78. The number of anilines is 1. The third-order valence-corrected chi connectivity index (χ3v) is 1.57. The van der Waals surface area contributed by atoms with Gasteiger partial charge in [0.25, 0.3) is 6.43 Å². The van der Waals surface area contributed by atoms with Gasteiger partial charge in [0.15, 0.2) is 6.29 Å². The molecule has 0 spiro atoms. The summed E-state index contributed by atoms with van der Waals surface area (Å²) in [7, 11) is 0. The van der Waals surface area contributed by atoms with E-state index in [0.29, 0.717) is 0 Å². The molecule has 1 rings (SSSR count). The molecule has 0 atom stereocenters. The molecule has 0 saturated carbocycles. The lowest BCUT2D eigenvalue weighted by molar-refractivity contribution is 0.110. The Morgan fingerprint density at radius 1 is 1.64 bits per heavy atom. The molecule has 0 saturated heterocycles. The fourth-order valence-electron chi connectivity index (χ4n) is 0.917. The van der Waals surface area contributed by atoms with Crippen LogP contribution in [0.3, 0.4) is 0 Å². The number of hydrogen-bond donors (Lipinski definition) is 1. The number of nitriles is 1. The van der Waals surface area contributed by atoms with Crippen molar-refractivity contribution in [2.24, 2.45) is 0 Å². The van der Waals surface area contributed by atoms with Crippen LogP contribution in [0.5, 0.6) is 0 Å². The minimum Gasteiger partial charge on any atom is -0.383 e. The monoisotopic (exact) mass is 197 g/mol. The molecule has 14 heavy (non-hydrogen) atoms. The Morgan fingerprint density at radius 3 is 2.71 bits per heavy atom. The number of aromatic nitrogens is 1. The first-order valence-corrected chi connectivity index (χ1v) is 3.54. The Balaban J connectivity index is 3.40. The van der Waals surface area contributed by atoms with Crippen molar-refractivity contribution < 1.29 is 13.6 Å². The quantitative estimate of drug-likeness (QED) is 0.724. The van der Waals surface area contributed by atoms with E-state index in [1.807, 2.05) is 0 Å². The zero-order chi connectivity index (χ0) is 10.7. The Morgan fingerprint density at radius 2 is 2.29 bits per heavy atom. The molecular formula is C8H5F2N3O. The van der Waals surface area contributed by atoms with E-state index in [1.165, 1.54) is 0 Å². The summed E-state index contributed by atoms with van der Waals surface area (Å²) >= 11 is 0. The first-order chi connectivity index (χ1) is 6.60. The van der Waals surface area contributed by atoms with E-state index in [0.717, 1.165) is 6.07 Å².